The van der Waals surface area contributed by atoms with Crippen LogP contribution in [0.5, 0.6) is 0 Å². The summed E-state index contributed by atoms with van der Waals surface area (Å²) in [6.45, 7) is -0.204. The number of thiophene rings is 1. The van der Waals surface area contributed by atoms with Crippen molar-refractivity contribution in [1.29, 1.82) is 0 Å². The maximum atomic E-state index is 12.1. The fourth-order valence-corrected chi connectivity index (χ4v) is 3.86. The molecule has 0 aliphatic carbocycles. The lowest BCUT2D eigenvalue weighted by Gasteiger charge is -2.05. The average Bonchev–Trinajstić information content (AvgIpc) is 3.00. The van der Waals surface area contributed by atoms with Gasteiger partial charge in [0.15, 0.2) is 6.61 Å². The number of halogens is 2. The van der Waals surface area contributed by atoms with Crippen molar-refractivity contribution >= 4 is 56.3 Å². The lowest BCUT2D eigenvalue weighted by Crippen LogP contribution is -2.24. The van der Waals surface area contributed by atoms with Gasteiger partial charge in [0.25, 0.3) is 0 Å². The van der Waals surface area contributed by atoms with Gasteiger partial charge in [-0.15, -0.1) is 11.3 Å². The quantitative estimate of drug-likeness (QED) is 0.507. The highest BCUT2D eigenvalue weighted by Crippen LogP contribution is 2.22. The number of hydrogen-bond donors (Lipinski definition) is 1. The van der Waals surface area contributed by atoms with E-state index in [0.717, 1.165) is 11.1 Å². The molecule has 0 amide bonds. The summed E-state index contributed by atoms with van der Waals surface area (Å²) in [7, 11) is -3.25. The van der Waals surface area contributed by atoms with Crippen LogP contribution in [0.3, 0.4) is 0 Å². The molecule has 0 atom stereocenters. The van der Waals surface area contributed by atoms with E-state index < -0.39 is 28.4 Å². The Kier molecular flexibility index (Phi) is 7.19. The van der Waals surface area contributed by atoms with Crippen molar-refractivity contribution < 1.29 is 22.7 Å². The highest BCUT2D eigenvalue weighted by Gasteiger charge is 2.16. The van der Waals surface area contributed by atoms with E-state index in [4.69, 9.17) is 27.9 Å². The smallest absolute Gasteiger partial charge is 0.348 e. The number of rotatable bonds is 8. The standard InChI is InChI=1S/C16H15Cl2NO5S2/c1-26(22,23)19-7-6-11-3-5-15(25-11)16(21)24-9-14(20)12-4-2-10(17)8-13(12)18/h2-5,8,19H,6-7,9H2,1H3. The SMILES string of the molecule is CS(=O)(=O)NCCc1ccc(C(=O)OCC(=O)c2ccc(Cl)cc2Cl)s1. The van der Waals surface area contributed by atoms with Crippen molar-refractivity contribution in [3.63, 3.8) is 0 Å². The van der Waals surface area contributed by atoms with Gasteiger partial charge < -0.3 is 4.74 Å². The lowest BCUT2D eigenvalue weighted by molar-refractivity contribution is 0.0479. The predicted molar refractivity (Wildman–Crippen MR) is 102 cm³/mol. The largest absolute Gasteiger partial charge is 0.453 e. The molecule has 0 aliphatic rings. The molecule has 2 aromatic rings. The van der Waals surface area contributed by atoms with Gasteiger partial charge in [0.1, 0.15) is 4.88 Å². The Hall–Kier alpha value is -1.45. The molecule has 0 fully saturated rings. The van der Waals surface area contributed by atoms with Gasteiger partial charge in [0.05, 0.1) is 11.3 Å². The zero-order chi connectivity index (χ0) is 19.3. The first kappa shape index (κ1) is 20.9. The van der Waals surface area contributed by atoms with Gasteiger partial charge in [-0.2, -0.15) is 0 Å². The summed E-state index contributed by atoms with van der Waals surface area (Å²) < 4.78 is 29.4. The molecule has 10 heteroatoms. The van der Waals surface area contributed by atoms with Gasteiger partial charge in [0.2, 0.25) is 15.8 Å². The molecule has 1 aromatic heterocycles. The number of nitrogens with one attached hydrogen (secondary N) is 1. The zero-order valence-electron chi connectivity index (χ0n) is 13.6. The average molecular weight is 436 g/mol. The Balaban J connectivity index is 1.89. The second kappa shape index (κ2) is 8.96. The Morgan fingerprint density at radius 3 is 2.58 bits per heavy atom. The minimum atomic E-state index is -3.25. The van der Waals surface area contributed by atoms with E-state index in [-0.39, 0.29) is 17.1 Å². The van der Waals surface area contributed by atoms with E-state index >= 15 is 0 Å². The van der Waals surface area contributed by atoms with Gasteiger partial charge >= 0.3 is 5.97 Å². The predicted octanol–water partition coefficient (Wildman–Crippen LogP) is 3.19. The molecule has 0 saturated carbocycles. The third-order valence-electron chi connectivity index (χ3n) is 3.16. The number of benzene rings is 1. The minimum Gasteiger partial charge on any atom is -0.453 e. The summed E-state index contributed by atoms with van der Waals surface area (Å²) in [6.07, 6.45) is 1.53. The van der Waals surface area contributed by atoms with Crippen LogP contribution in [0.2, 0.25) is 10.0 Å². The first-order valence-electron chi connectivity index (χ1n) is 7.34. The Bertz CT molecular complexity index is 924. The molecule has 2 rings (SSSR count). The summed E-state index contributed by atoms with van der Waals surface area (Å²) >= 11 is 12.9. The van der Waals surface area contributed by atoms with Crippen LogP contribution in [-0.4, -0.2) is 39.6 Å². The Morgan fingerprint density at radius 2 is 1.92 bits per heavy atom. The van der Waals surface area contributed by atoms with E-state index in [2.05, 4.69) is 4.72 Å². The van der Waals surface area contributed by atoms with E-state index in [1.807, 2.05) is 0 Å². The van der Waals surface area contributed by atoms with Gasteiger partial charge in [-0.05, 0) is 36.8 Å². The molecule has 0 unspecified atom stereocenters. The summed E-state index contributed by atoms with van der Waals surface area (Å²) in [5.41, 5.74) is 0.225. The van der Waals surface area contributed by atoms with Crippen molar-refractivity contribution in [2.75, 3.05) is 19.4 Å². The number of ether oxygens (including phenoxy) is 1. The number of esters is 1. The summed E-state index contributed by atoms with van der Waals surface area (Å²) in [4.78, 5) is 25.3. The van der Waals surface area contributed by atoms with Crippen molar-refractivity contribution in [3.8, 4) is 0 Å². The monoisotopic (exact) mass is 435 g/mol. The van der Waals surface area contributed by atoms with Crippen LogP contribution in [0.15, 0.2) is 30.3 Å². The number of sulfonamides is 1. The molecular formula is C16H15Cl2NO5S2. The lowest BCUT2D eigenvalue weighted by atomic mass is 10.1. The highest BCUT2D eigenvalue weighted by atomic mass is 35.5. The van der Waals surface area contributed by atoms with Crippen molar-refractivity contribution in [3.05, 3.63) is 55.7 Å². The molecule has 0 saturated heterocycles. The molecule has 6 nitrogen and oxygen atoms in total. The van der Waals surface area contributed by atoms with Crippen LogP contribution < -0.4 is 4.72 Å². The van der Waals surface area contributed by atoms with E-state index in [1.165, 1.54) is 29.5 Å². The maximum Gasteiger partial charge on any atom is 0.348 e. The van der Waals surface area contributed by atoms with E-state index in [1.54, 1.807) is 12.1 Å². The molecule has 26 heavy (non-hydrogen) atoms. The summed E-state index contributed by atoms with van der Waals surface area (Å²) in [5, 5.41) is 0.593. The Labute approximate surface area is 165 Å². The number of Topliss-reactive ketones (excluding diaryl/α,β-unsaturated/α-hetero) is 1. The van der Waals surface area contributed by atoms with Crippen molar-refractivity contribution in [2.24, 2.45) is 0 Å². The first-order chi connectivity index (χ1) is 12.2. The van der Waals surface area contributed by atoms with Gasteiger partial charge in [-0.25, -0.2) is 17.9 Å². The van der Waals surface area contributed by atoms with Crippen LogP contribution in [0.4, 0.5) is 0 Å². The maximum absolute atomic E-state index is 12.1. The van der Waals surface area contributed by atoms with Crippen molar-refractivity contribution in [2.45, 2.75) is 6.42 Å². The number of carbonyl (C=O) groups is 2. The number of carbonyl (C=O) groups excluding carboxylic acids is 2. The molecule has 140 valence electrons. The topological polar surface area (TPSA) is 89.5 Å². The molecule has 1 N–H and O–H groups in total. The number of hydrogen-bond acceptors (Lipinski definition) is 6. The summed E-state index contributed by atoms with van der Waals surface area (Å²) in [6, 6.07) is 7.72. The van der Waals surface area contributed by atoms with Crippen LogP contribution in [0.25, 0.3) is 0 Å². The normalized spacial score (nSPS) is 11.3. The Morgan fingerprint density at radius 1 is 1.19 bits per heavy atom. The molecule has 0 radical (unpaired) electrons. The van der Waals surface area contributed by atoms with Crippen LogP contribution >= 0.6 is 34.5 Å². The molecule has 0 spiro atoms. The fourth-order valence-electron chi connectivity index (χ4n) is 1.98. The highest BCUT2D eigenvalue weighted by molar-refractivity contribution is 7.88. The second-order valence-corrected chi connectivity index (χ2v) is 9.15. The minimum absolute atomic E-state index is 0.190. The zero-order valence-corrected chi connectivity index (χ0v) is 16.8. The molecule has 0 aliphatic heterocycles. The molecule has 1 aromatic carbocycles. The summed E-state index contributed by atoms with van der Waals surface area (Å²) in [5.74, 6) is -1.06. The van der Waals surface area contributed by atoms with E-state index in [0.29, 0.717) is 16.3 Å². The second-order valence-electron chi connectivity index (χ2n) is 5.31. The van der Waals surface area contributed by atoms with Gasteiger partial charge in [0, 0.05) is 22.0 Å². The van der Waals surface area contributed by atoms with Crippen molar-refractivity contribution in [1.82, 2.24) is 4.72 Å². The third-order valence-corrected chi connectivity index (χ3v) is 5.57. The van der Waals surface area contributed by atoms with Gasteiger partial charge in [-0.1, -0.05) is 23.2 Å². The van der Waals surface area contributed by atoms with Crippen LogP contribution in [-0.2, 0) is 21.2 Å². The van der Waals surface area contributed by atoms with Crippen LogP contribution in [0, 0.1) is 0 Å². The molecular weight excluding hydrogens is 421 g/mol. The van der Waals surface area contributed by atoms with E-state index in [9.17, 15) is 18.0 Å². The fraction of sp³-hybridized carbons (Fsp3) is 0.250. The molecule has 0 bridgehead atoms. The van der Waals surface area contributed by atoms with Gasteiger partial charge in [-0.3, -0.25) is 4.79 Å². The first-order valence-corrected chi connectivity index (χ1v) is 10.8. The third kappa shape index (κ3) is 6.37. The molecule has 1 heterocycles. The van der Waals surface area contributed by atoms with Crippen LogP contribution in [0.1, 0.15) is 24.9 Å². The number of ketones is 1.